The maximum Gasteiger partial charge on any atom is 0.295 e. The van der Waals surface area contributed by atoms with Gasteiger partial charge in [-0.2, -0.15) is 0 Å². The minimum atomic E-state index is -0.424. The van der Waals surface area contributed by atoms with Crippen LogP contribution in [0, 0.1) is 5.82 Å². The molecule has 2 aliphatic heterocycles. The lowest BCUT2D eigenvalue weighted by molar-refractivity contribution is -0.128. The number of hydrogen-bond donors (Lipinski definition) is 0. The van der Waals surface area contributed by atoms with Gasteiger partial charge in [0, 0.05) is 56.6 Å². The number of piperidine rings is 1. The van der Waals surface area contributed by atoms with E-state index in [-0.39, 0.29) is 11.9 Å². The molecule has 1 atom stereocenters. The van der Waals surface area contributed by atoms with E-state index in [1.54, 1.807) is 29.2 Å². The lowest BCUT2D eigenvalue weighted by atomic mass is 10.0. The first-order chi connectivity index (χ1) is 14.1. The lowest BCUT2D eigenvalue weighted by Gasteiger charge is -2.43. The largest absolute Gasteiger partial charge is 0.369 e. The predicted molar refractivity (Wildman–Crippen MR) is 111 cm³/mol. The summed E-state index contributed by atoms with van der Waals surface area (Å²) >= 11 is 0. The molecule has 6 heteroatoms. The first kappa shape index (κ1) is 19.6. The summed E-state index contributed by atoms with van der Waals surface area (Å²) in [5.74, 6) is -1.04. The van der Waals surface area contributed by atoms with Crippen molar-refractivity contribution in [1.29, 1.82) is 0 Å². The zero-order chi connectivity index (χ0) is 20.2. The Hall–Kier alpha value is -2.73. The van der Waals surface area contributed by atoms with E-state index in [1.807, 2.05) is 18.2 Å². The molecule has 0 radical (unpaired) electrons. The number of nitrogens with zero attached hydrogens (tertiary/aromatic N) is 3. The van der Waals surface area contributed by atoms with Crippen LogP contribution in [-0.2, 0) is 4.79 Å². The normalized spacial score (nSPS) is 20.5. The van der Waals surface area contributed by atoms with Gasteiger partial charge in [0.1, 0.15) is 5.82 Å². The molecule has 29 heavy (non-hydrogen) atoms. The van der Waals surface area contributed by atoms with Gasteiger partial charge < -0.3 is 9.80 Å². The van der Waals surface area contributed by atoms with E-state index < -0.39 is 11.7 Å². The van der Waals surface area contributed by atoms with E-state index in [9.17, 15) is 14.0 Å². The molecule has 0 saturated carbocycles. The number of benzene rings is 2. The molecule has 4 rings (SSSR count). The van der Waals surface area contributed by atoms with Crippen molar-refractivity contribution in [2.75, 3.05) is 44.2 Å². The predicted octanol–water partition coefficient (Wildman–Crippen LogP) is 2.82. The number of piperazine rings is 1. The number of rotatable bonds is 4. The number of anilines is 1. The smallest absolute Gasteiger partial charge is 0.295 e. The summed E-state index contributed by atoms with van der Waals surface area (Å²) in [6.45, 7) is 4.79. The second kappa shape index (κ2) is 8.74. The van der Waals surface area contributed by atoms with E-state index in [4.69, 9.17) is 0 Å². The number of amides is 1. The highest BCUT2D eigenvalue weighted by Gasteiger charge is 2.32. The second-order valence-electron chi connectivity index (χ2n) is 7.74. The Morgan fingerprint density at radius 2 is 1.55 bits per heavy atom. The number of Topliss-reactive ketones (excluding diaryl/α,β-unsaturated/α-hetero) is 1. The molecular formula is C23H26FN3O2. The van der Waals surface area contributed by atoms with Crippen LogP contribution in [0.1, 0.15) is 23.2 Å². The monoisotopic (exact) mass is 395 g/mol. The summed E-state index contributed by atoms with van der Waals surface area (Å²) in [5.41, 5.74) is 1.49. The van der Waals surface area contributed by atoms with Crippen LogP contribution in [0.3, 0.4) is 0 Å². The summed E-state index contributed by atoms with van der Waals surface area (Å²) < 4.78 is 13.1. The van der Waals surface area contributed by atoms with Crippen LogP contribution in [0.25, 0.3) is 0 Å². The molecular weight excluding hydrogens is 369 g/mol. The summed E-state index contributed by atoms with van der Waals surface area (Å²) in [7, 11) is 0. The van der Waals surface area contributed by atoms with Gasteiger partial charge in [0.05, 0.1) is 0 Å². The van der Waals surface area contributed by atoms with Crippen LogP contribution in [0.4, 0.5) is 10.1 Å². The maximum atomic E-state index is 13.1. The van der Waals surface area contributed by atoms with E-state index in [2.05, 4.69) is 9.80 Å². The summed E-state index contributed by atoms with van der Waals surface area (Å²) in [4.78, 5) is 31.6. The first-order valence-electron chi connectivity index (χ1n) is 10.2. The summed E-state index contributed by atoms with van der Waals surface area (Å²) in [5, 5.41) is 0. The van der Waals surface area contributed by atoms with Gasteiger partial charge in [0.15, 0.2) is 0 Å². The van der Waals surface area contributed by atoms with Gasteiger partial charge in [0.2, 0.25) is 5.78 Å². The minimum absolute atomic E-state index is 0.218. The molecule has 2 aromatic rings. The molecule has 0 aliphatic carbocycles. The van der Waals surface area contributed by atoms with Gasteiger partial charge in [0.25, 0.3) is 5.91 Å². The number of carbonyl (C=O) groups excluding carboxylic acids is 2. The summed E-state index contributed by atoms with van der Waals surface area (Å²) in [6.07, 6.45) is 1.95. The number of ketones is 1. The third kappa shape index (κ3) is 4.48. The number of hydrogen-bond acceptors (Lipinski definition) is 4. The van der Waals surface area contributed by atoms with Crippen LogP contribution in [0.15, 0.2) is 54.6 Å². The van der Waals surface area contributed by atoms with Crippen LogP contribution in [0.2, 0.25) is 0 Å². The molecule has 2 aliphatic rings. The SMILES string of the molecule is O=C(C(=O)N1CCC[C@H](N2CCN(c3ccc(F)cc3)CC2)C1)c1ccccc1. The van der Waals surface area contributed by atoms with Crippen LogP contribution in [0.5, 0.6) is 0 Å². The third-order valence-electron chi connectivity index (χ3n) is 5.94. The molecule has 2 aromatic carbocycles. The van der Waals surface area contributed by atoms with Crippen molar-refractivity contribution < 1.29 is 14.0 Å². The Kier molecular flexibility index (Phi) is 5.90. The van der Waals surface area contributed by atoms with E-state index >= 15 is 0 Å². The Labute approximate surface area is 170 Å². The fourth-order valence-electron chi connectivity index (χ4n) is 4.29. The average molecular weight is 395 g/mol. The standard InChI is InChI=1S/C23H26FN3O2/c24-19-8-10-20(11-9-19)25-13-15-26(16-14-25)21-7-4-12-27(17-21)23(29)22(28)18-5-2-1-3-6-18/h1-3,5-6,8-11,21H,4,7,12-17H2/t21-/m0/s1. The molecule has 0 spiro atoms. The van der Waals surface area contributed by atoms with Gasteiger partial charge in [-0.25, -0.2) is 4.39 Å². The highest BCUT2D eigenvalue weighted by molar-refractivity contribution is 6.42. The maximum absolute atomic E-state index is 13.1. The fourth-order valence-corrected chi connectivity index (χ4v) is 4.29. The highest BCUT2D eigenvalue weighted by atomic mass is 19.1. The molecule has 0 N–H and O–H groups in total. The van der Waals surface area contributed by atoms with Gasteiger partial charge >= 0.3 is 0 Å². The van der Waals surface area contributed by atoms with Gasteiger partial charge in [-0.1, -0.05) is 30.3 Å². The van der Waals surface area contributed by atoms with Gasteiger partial charge in [-0.05, 0) is 37.1 Å². The van der Waals surface area contributed by atoms with Crippen molar-refractivity contribution in [2.45, 2.75) is 18.9 Å². The van der Waals surface area contributed by atoms with Crippen molar-refractivity contribution in [1.82, 2.24) is 9.80 Å². The quantitative estimate of drug-likeness (QED) is 0.590. The zero-order valence-electron chi connectivity index (χ0n) is 16.5. The molecule has 2 saturated heterocycles. The molecule has 2 fully saturated rings. The molecule has 1 amide bonds. The van der Waals surface area contributed by atoms with E-state index in [1.165, 1.54) is 12.1 Å². The molecule has 0 aromatic heterocycles. The Morgan fingerprint density at radius 1 is 0.862 bits per heavy atom. The molecule has 152 valence electrons. The van der Waals surface area contributed by atoms with Crippen molar-refractivity contribution >= 4 is 17.4 Å². The van der Waals surface area contributed by atoms with E-state index in [0.717, 1.165) is 44.7 Å². The van der Waals surface area contributed by atoms with Crippen LogP contribution in [-0.4, -0.2) is 66.8 Å². The third-order valence-corrected chi connectivity index (χ3v) is 5.94. The van der Waals surface area contributed by atoms with Crippen LogP contribution < -0.4 is 4.90 Å². The van der Waals surface area contributed by atoms with Crippen LogP contribution >= 0.6 is 0 Å². The Bertz CT molecular complexity index is 848. The number of likely N-dealkylation sites (tertiary alicyclic amines) is 1. The summed E-state index contributed by atoms with van der Waals surface area (Å²) in [6, 6.07) is 15.7. The van der Waals surface area contributed by atoms with Crippen molar-refractivity contribution in [3.8, 4) is 0 Å². The minimum Gasteiger partial charge on any atom is -0.369 e. The van der Waals surface area contributed by atoms with Gasteiger partial charge in [-0.15, -0.1) is 0 Å². The van der Waals surface area contributed by atoms with Crippen molar-refractivity contribution in [3.63, 3.8) is 0 Å². The number of carbonyl (C=O) groups is 2. The van der Waals surface area contributed by atoms with Gasteiger partial charge in [-0.3, -0.25) is 14.5 Å². The van der Waals surface area contributed by atoms with Crippen molar-refractivity contribution in [3.05, 3.63) is 66.0 Å². The number of halogens is 1. The molecule has 0 bridgehead atoms. The fraction of sp³-hybridized carbons (Fsp3) is 0.391. The first-order valence-corrected chi connectivity index (χ1v) is 10.2. The molecule has 5 nitrogen and oxygen atoms in total. The van der Waals surface area contributed by atoms with Crippen molar-refractivity contribution in [2.24, 2.45) is 0 Å². The Morgan fingerprint density at radius 3 is 2.24 bits per heavy atom. The van der Waals surface area contributed by atoms with E-state index in [0.29, 0.717) is 18.7 Å². The topological polar surface area (TPSA) is 43.9 Å². The lowest BCUT2D eigenvalue weighted by Crippen LogP contribution is -2.56. The second-order valence-corrected chi connectivity index (χ2v) is 7.74. The average Bonchev–Trinajstić information content (AvgIpc) is 2.79. The molecule has 2 heterocycles. The molecule has 0 unspecified atom stereocenters. The Balaban J connectivity index is 1.34. The highest BCUT2D eigenvalue weighted by Crippen LogP contribution is 2.22. The zero-order valence-corrected chi connectivity index (χ0v) is 16.5.